The lowest BCUT2D eigenvalue weighted by atomic mass is 10.2. The highest BCUT2D eigenvalue weighted by molar-refractivity contribution is 6.05. The monoisotopic (exact) mass is 342 g/mol. The van der Waals surface area contributed by atoms with Crippen molar-refractivity contribution in [1.29, 1.82) is 0 Å². The SMILES string of the molecule is c1ccc2c(c1)oc1c(NCc3ccc(-n4cccn4)nc3)ncnc12. The summed E-state index contributed by atoms with van der Waals surface area (Å²) < 4.78 is 7.65. The average molecular weight is 342 g/mol. The van der Waals surface area contributed by atoms with E-state index < -0.39 is 0 Å². The zero-order valence-corrected chi connectivity index (χ0v) is 13.7. The number of para-hydroxylation sites is 1. The van der Waals surface area contributed by atoms with Crippen molar-refractivity contribution in [2.75, 3.05) is 5.32 Å². The molecule has 4 heterocycles. The van der Waals surface area contributed by atoms with Crippen molar-refractivity contribution < 1.29 is 4.42 Å². The van der Waals surface area contributed by atoms with Crippen LogP contribution in [0.1, 0.15) is 5.56 Å². The topological polar surface area (TPSA) is 81.7 Å². The number of nitrogens with zero attached hydrogens (tertiary/aromatic N) is 5. The van der Waals surface area contributed by atoms with E-state index in [0.717, 1.165) is 27.9 Å². The van der Waals surface area contributed by atoms with Gasteiger partial charge in [-0.05, 0) is 29.8 Å². The smallest absolute Gasteiger partial charge is 0.196 e. The van der Waals surface area contributed by atoms with E-state index >= 15 is 0 Å². The van der Waals surface area contributed by atoms with Crippen LogP contribution >= 0.6 is 0 Å². The number of pyridine rings is 1. The highest BCUT2D eigenvalue weighted by Crippen LogP contribution is 2.30. The first-order chi connectivity index (χ1) is 12.9. The Hall–Kier alpha value is -3.74. The number of nitrogens with one attached hydrogen (secondary N) is 1. The zero-order chi connectivity index (χ0) is 17.3. The van der Waals surface area contributed by atoms with Crippen LogP contribution in [0.4, 0.5) is 5.82 Å². The van der Waals surface area contributed by atoms with Gasteiger partial charge in [-0.3, -0.25) is 0 Å². The van der Waals surface area contributed by atoms with Gasteiger partial charge in [0, 0.05) is 30.5 Å². The van der Waals surface area contributed by atoms with Crippen LogP contribution in [-0.2, 0) is 6.54 Å². The lowest BCUT2D eigenvalue weighted by Gasteiger charge is -2.06. The van der Waals surface area contributed by atoms with Gasteiger partial charge < -0.3 is 9.73 Å². The van der Waals surface area contributed by atoms with Crippen LogP contribution in [0.15, 0.2) is 71.8 Å². The molecule has 0 aliphatic rings. The standard InChI is InChI=1S/C19H14N6O/c1-2-5-15-14(4-1)17-18(26-15)19(23-12-22-17)21-11-13-6-7-16(20-10-13)25-9-3-8-24-25/h1-10,12H,11H2,(H,21,22,23). The summed E-state index contributed by atoms with van der Waals surface area (Å²) in [6, 6.07) is 13.6. The number of hydrogen-bond acceptors (Lipinski definition) is 6. The molecule has 126 valence electrons. The largest absolute Gasteiger partial charge is 0.450 e. The fourth-order valence-corrected chi connectivity index (χ4v) is 2.90. The van der Waals surface area contributed by atoms with Crippen molar-refractivity contribution in [3.63, 3.8) is 0 Å². The molecule has 7 heteroatoms. The first-order valence-electron chi connectivity index (χ1n) is 8.19. The quantitative estimate of drug-likeness (QED) is 0.538. The Morgan fingerprint density at radius 2 is 1.96 bits per heavy atom. The summed E-state index contributed by atoms with van der Waals surface area (Å²) in [5.41, 5.74) is 3.31. The number of benzene rings is 1. The second kappa shape index (κ2) is 5.96. The summed E-state index contributed by atoms with van der Waals surface area (Å²) in [5.74, 6) is 1.45. The van der Waals surface area contributed by atoms with Gasteiger partial charge in [-0.25, -0.2) is 19.6 Å². The second-order valence-corrected chi connectivity index (χ2v) is 5.83. The van der Waals surface area contributed by atoms with Crippen molar-refractivity contribution in [1.82, 2.24) is 24.7 Å². The van der Waals surface area contributed by atoms with Gasteiger partial charge in [0.25, 0.3) is 0 Å². The predicted octanol–water partition coefficient (Wildman–Crippen LogP) is 3.57. The van der Waals surface area contributed by atoms with Gasteiger partial charge in [0.1, 0.15) is 17.4 Å². The zero-order valence-electron chi connectivity index (χ0n) is 13.7. The Labute approximate surface area is 148 Å². The minimum absolute atomic E-state index is 0.579. The van der Waals surface area contributed by atoms with E-state index in [1.165, 1.54) is 0 Å². The lowest BCUT2D eigenvalue weighted by molar-refractivity contribution is 0.666. The van der Waals surface area contributed by atoms with Crippen molar-refractivity contribution in [3.05, 3.63) is 72.9 Å². The molecular weight excluding hydrogens is 328 g/mol. The molecule has 0 radical (unpaired) electrons. The Morgan fingerprint density at radius 1 is 1.00 bits per heavy atom. The van der Waals surface area contributed by atoms with Crippen molar-refractivity contribution in [2.45, 2.75) is 6.54 Å². The molecular formula is C19H14N6O. The molecule has 0 unspecified atom stereocenters. The van der Waals surface area contributed by atoms with Crippen LogP contribution in [0, 0.1) is 0 Å². The molecule has 0 bridgehead atoms. The molecule has 4 aromatic heterocycles. The van der Waals surface area contributed by atoms with Gasteiger partial charge in [-0.15, -0.1) is 0 Å². The maximum atomic E-state index is 5.93. The van der Waals surface area contributed by atoms with Gasteiger partial charge in [0.2, 0.25) is 0 Å². The molecule has 26 heavy (non-hydrogen) atoms. The van der Waals surface area contributed by atoms with Crippen molar-refractivity contribution in [2.24, 2.45) is 0 Å². The molecule has 0 fully saturated rings. The molecule has 0 aliphatic carbocycles. The number of aromatic nitrogens is 5. The molecule has 0 atom stereocenters. The summed E-state index contributed by atoms with van der Waals surface area (Å²) in [7, 11) is 0. The van der Waals surface area contributed by atoms with Crippen LogP contribution in [-0.4, -0.2) is 24.7 Å². The normalized spacial score (nSPS) is 11.2. The van der Waals surface area contributed by atoms with Gasteiger partial charge >= 0.3 is 0 Å². The number of furan rings is 1. The maximum absolute atomic E-state index is 5.93. The van der Waals surface area contributed by atoms with E-state index in [4.69, 9.17) is 4.42 Å². The molecule has 1 N–H and O–H groups in total. The summed E-state index contributed by atoms with van der Waals surface area (Å²) >= 11 is 0. The van der Waals surface area contributed by atoms with E-state index in [9.17, 15) is 0 Å². The molecule has 5 aromatic rings. The van der Waals surface area contributed by atoms with E-state index in [1.807, 2.05) is 54.9 Å². The Bertz CT molecular complexity index is 1180. The molecule has 5 rings (SSSR count). The second-order valence-electron chi connectivity index (χ2n) is 5.83. The third-order valence-corrected chi connectivity index (χ3v) is 4.17. The van der Waals surface area contributed by atoms with Crippen LogP contribution in [0.2, 0.25) is 0 Å². The van der Waals surface area contributed by atoms with E-state index in [2.05, 4.69) is 25.4 Å². The van der Waals surface area contributed by atoms with Crippen LogP contribution in [0.3, 0.4) is 0 Å². The highest BCUT2D eigenvalue weighted by Gasteiger charge is 2.12. The number of anilines is 1. The number of fused-ring (bicyclic) bond motifs is 3. The molecule has 0 aliphatic heterocycles. The number of hydrogen-bond donors (Lipinski definition) is 1. The minimum atomic E-state index is 0.579. The van der Waals surface area contributed by atoms with E-state index in [0.29, 0.717) is 17.9 Å². The fourth-order valence-electron chi connectivity index (χ4n) is 2.90. The summed E-state index contributed by atoms with van der Waals surface area (Å²) in [6.45, 7) is 0.579. The van der Waals surface area contributed by atoms with Gasteiger partial charge in [-0.1, -0.05) is 18.2 Å². The Balaban J connectivity index is 1.41. The van der Waals surface area contributed by atoms with Crippen LogP contribution in [0.25, 0.3) is 27.9 Å². The summed E-state index contributed by atoms with van der Waals surface area (Å²) in [6.07, 6.45) is 6.96. The summed E-state index contributed by atoms with van der Waals surface area (Å²) in [5, 5.41) is 8.47. The molecule has 0 spiro atoms. The van der Waals surface area contributed by atoms with E-state index in [1.54, 1.807) is 17.2 Å². The van der Waals surface area contributed by atoms with Gasteiger partial charge in [-0.2, -0.15) is 5.10 Å². The molecule has 0 amide bonds. The van der Waals surface area contributed by atoms with Gasteiger partial charge in [0.15, 0.2) is 17.2 Å². The average Bonchev–Trinajstić information content (AvgIpc) is 3.35. The first-order valence-corrected chi connectivity index (χ1v) is 8.19. The highest BCUT2D eigenvalue weighted by atomic mass is 16.3. The third-order valence-electron chi connectivity index (χ3n) is 4.17. The van der Waals surface area contributed by atoms with E-state index in [-0.39, 0.29) is 0 Å². The minimum Gasteiger partial charge on any atom is -0.450 e. The van der Waals surface area contributed by atoms with Gasteiger partial charge in [0.05, 0.1) is 0 Å². The Morgan fingerprint density at radius 3 is 2.81 bits per heavy atom. The molecule has 0 saturated heterocycles. The molecule has 0 saturated carbocycles. The maximum Gasteiger partial charge on any atom is 0.196 e. The van der Waals surface area contributed by atoms with Crippen molar-refractivity contribution >= 4 is 27.9 Å². The van der Waals surface area contributed by atoms with Crippen LogP contribution < -0.4 is 5.32 Å². The van der Waals surface area contributed by atoms with Crippen LogP contribution in [0.5, 0.6) is 0 Å². The third kappa shape index (κ3) is 2.46. The first kappa shape index (κ1) is 14.6. The lowest BCUT2D eigenvalue weighted by Crippen LogP contribution is -2.04. The molecule has 7 nitrogen and oxygen atoms in total. The molecule has 1 aromatic carbocycles. The predicted molar refractivity (Wildman–Crippen MR) is 98.0 cm³/mol. The Kier molecular flexibility index (Phi) is 3.35. The summed E-state index contributed by atoms with van der Waals surface area (Å²) in [4.78, 5) is 13.1. The fraction of sp³-hybridized carbons (Fsp3) is 0.0526. The number of rotatable bonds is 4. The van der Waals surface area contributed by atoms with Crippen molar-refractivity contribution in [3.8, 4) is 5.82 Å².